The lowest BCUT2D eigenvalue weighted by atomic mass is 9.95. The van der Waals surface area contributed by atoms with Crippen molar-refractivity contribution in [1.29, 1.82) is 0 Å². The number of piperazine rings is 1. The fourth-order valence-electron chi connectivity index (χ4n) is 4.05. The fourth-order valence-corrected chi connectivity index (χ4v) is 4.05. The molecule has 7 nitrogen and oxygen atoms in total. The second-order valence-electron chi connectivity index (χ2n) is 8.59. The van der Waals surface area contributed by atoms with Crippen molar-refractivity contribution in [2.75, 3.05) is 59.1 Å². The number of fused-ring (bicyclic) bond motifs is 1. The van der Waals surface area contributed by atoms with E-state index in [1.807, 2.05) is 18.2 Å². The Balaban J connectivity index is 1.52. The number of carbonyl (C=O) groups excluding carboxylic acids is 1. The highest BCUT2D eigenvalue weighted by molar-refractivity contribution is 5.78. The predicted octanol–water partition coefficient (Wildman–Crippen LogP) is 2.05. The zero-order chi connectivity index (χ0) is 21.3. The van der Waals surface area contributed by atoms with Gasteiger partial charge in [-0.1, -0.05) is 19.9 Å². The molecule has 1 saturated heterocycles. The molecule has 3 rings (SSSR count). The molecule has 2 aliphatic rings. The molecule has 0 bridgehead atoms. The van der Waals surface area contributed by atoms with Gasteiger partial charge in [-0.15, -0.1) is 0 Å². The minimum Gasteiger partial charge on any atom is -0.490 e. The molecule has 1 amide bonds. The molecule has 1 atom stereocenters. The summed E-state index contributed by atoms with van der Waals surface area (Å²) in [6.07, 6.45) is 2.77. The van der Waals surface area contributed by atoms with E-state index in [0.717, 1.165) is 69.0 Å². The number of hydrogen-bond acceptors (Lipinski definition) is 6. The smallest absolute Gasteiger partial charge is 0.234 e. The number of carbonyl (C=O) groups is 1. The van der Waals surface area contributed by atoms with Crippen LogP contribution in [0.25, 0.3) is 0 Å². The molecule has 1 aromatic rings. The van der Waals surface area contributed by atoms with Crippen molar-refractivity contribution in [2.24, 2.45) is 5.92 Å². The van der Waals surface area contributed by atoms with Crippen LogP contribution in [0.15, 0.2) is 18.2 Å². The van der Waals surface area contributed by atoms with Crippen LogP contribution in [0.5, 0.6) is 11.5 Å². The van der Waals surface area contributed by atoms with E-state index in [0.29, 0.717) is 19.8 Å². The Morgan fingerprint density at radius 2 is 1.77 bits per heavy atom. The first-order chi connectivity index (χ1) is 14.6. The molecule has 1 fully saturated rings. The second kappa shape index (κ2) is 11.5. The molecule has 168 valence electrons. The third-order valence-electron chi connectivity index (χ3n) is 5.83. The average Bonchev–Trinajstić information content (AvgIpc) is 2.98. The summed E-state index contributed by atoms with van der Waals surface area (Å²) in [6.45, 7) is 11.1. The molecule has 30 heavy (non-hydrogen) atoms. The summed E-state index contributed by atoms with van der Waals surface area (Å²) in [5, 5.41) is 12.2. The number of aliphatic hydroxyl groups excluding tert-OH is 1. The Morgan fingerprint density at radius 3 is 2.47 bits per heavy atom. The van der Waals surface area contributed by atoms with Gasteiger partial charge in [0.1, 0.15) is 0 Å². The van der Waals surface area contributed by atoms with Gasteiger partial charge in [0.2, 0.25) is 5.91 Å². The van der Waals surface area contributed by atoms with E-state index in [2.05, 4.69) is 29.0 Å². The number of aliphatic hydroxyl groups is 1. The third-order valence-corrected chi connectivity index (χ3v) is 5.83. The first-order valence-corrected chi connectivity index (χ1v) is 11.3. The number of nitrogens with zero attached hydrogens (tertiary/aromatic N) is 2. The molecule has 2 N–H and O–H groups in total. The summed E-state index contributed by atoms with van der Waals surface area (Å²) in [5.74, 6) is 1.88. The van der Waals surface area contributed by atoms with Gasteiger partial charge >= 0.3 is 0 Å². The van der Waals surface area contributed by atoms with Crippen molar-refractivity contribution in [2.45, 2.75) is 39.2 Å². The lowest BCUT2D eigenvalue weighted by Gasteiger charge is -2.34. The number of unbranched alkanes of at least 4 members (excludes halogenated alkanes) is 1. The fraction of sp³-hybridized carbons (Fsp3) is 0.696. The van der Waals surface area contributed by atoms with Crippen molar-refractivity contribution in [3.8, 4) is 11.5 Å². The number of rotatable bonds is 9. The highest BCUT2D eigenvalue weighted by Crippen LogP contribution is 2.34. The monoisotopic (exact) mass is 419 g/mol. The molecular formula is C23H37N3O4. The molecule has 7 heteroatoms. The highest BCUT2D eigenvalue weighted by Gasteiger charge is 2.23. The van der Waals surface area contributed by atoms with Crippen molar-refractivity contribution < 1.29 is 19.4 Å². The SMILES string of the molecule is CC(C)[C@H](NC(=O)CN1CCN(CCCCO)CC1)c1ccc2c(c1)OCCCO2. The lowest BCUT2D eigenvalue weighted by Crippen LogP contribution is -2.50. The Labute approximate surface area is 180 Å². The first kappa shape index (κ1) is 22.8. The highest BCUT2D eigenvalue weighted by atomic mass is 16.5. The Morgan fingerprint density at radius 1 is 1.07 bits per heavy atom. The predicted molar refractivity (Wildman–Crippen MR) is 117 cm³/mol. The molecule has 0 radical (unpaired) electrons. The van der Waals surface area contributed by atoms with Gasteiger partial charge in [-0.3, -0.25) is 9.69 Å². The van der Waals surface area contributed by atoms with Gasteiger partial charge in [-0.25, -0.2) is 0 Å². The van der Waals surface area contributed by atoms with E-state index in [-0.39, 0.29) is 24.5 Å². The summed E-state index contributed by atoms with van der Waals surface area (Å²) in [5.41, 5.74) is 1.05. The van der Waals surface area contributed by atoms with E-state index in [1.54, 1.807) is 0 Å². The average molecular weight is 420 g/mol. The standard InChI is InChI=1S/C23H37N3O4/c1-18(2)23(19-6-7-20-21(16-19)30-15-5-14-29-20)24-22(28)17-26-11-9-25(10-12-26)8-3-4-13-27/h6-7,16,18,23,27H,3-5,8-15,17H2,1-2H3,(H,24,28)/t23-/m0/s1. The van der Waals surface area contributed by atoms with Crippen LogP contribution < -0.4 is 14.8 Å². The van der Waals surface area contributed by atoms with Crippen LogP contribution in [0.4, 0.5) is 0 Å². The molecular weight excluding hydrogens is 382 g/mol. The van der Waals surface area contributed by atoms with E-state index >= 15 is 0 Å². The quantitative estimate of drug-likeness (QED) is 0.597. The van der Waals surface area contributed by atoms with Gasteiger partial charge in [-0.2, -0.15) is 0 Å². The van der Waals surface area contributed by atoms with Gasteiger partial charge in [-0.05, 0) is 43.0 Å². The van der Waals surface area contributed by atoms with Crippen LogP contribution in [0, 0.1) is 5.92 Å². The zero-order valence-corrected chi connectivity index (χ0v) is 18.4. The summed E-state index contributed by atoms with van der Waals surface area (Å²) in [6, 6.07) is 5.93. The van der Waals surface area contributed by atoms with Crippen LogP contribution in [0.3, 0.4) is 0 Å². The molecule has 2 aliphatic heterocycles. The number of benzene rings is 1. The Hall–Kier alpha value is -1.83. The van der Waals surface area contributed by atoms with Gasteiger partial charge in [0.25, 0.3) is 0 Å². The topological polar surface area (TPSA) is 74.3 Å². The molecule has 0 saturated carbocycles. The summed E-state index contributed by atoms with van der Waals surface area (Å²) < 4.78 is 11.6. The number of ether oxygens (including phenoxy) is 2. The van der Waals surface area contributed by atoms with Crippen molar-refractivity contribution in [1.82, 2.24) is 15.1 Å². The van der Waals surface area contributed by atoms with Gasteiger partial charge < -0.3 is 24.8 Å². The normalized spacial score (nSPS) is 18.8. The van der Waals surface area contributed by atoms with Crippen molar-refractivity contribution in [3.63, 3.8) is 0 Å². The van der Waals surface area contributed by atoms with Gasteiger partial charge in [0.15, 0.2) is 11.5 Å². The van der Waals surface area contributed by atoms with Crippen LogP contribution in [-0.2, 0) is 4.79 Å². The maximum atomic E-state index is 12.8. The molecule has 0 spiro atoms. The van der Waals surface area contributed by atoms with Gasteiger partial charge in [0.05, 0.1) is 25.8 Å². The maximum absolute atomic E-state index is 12.8. The summed E-state index contributed by atoms with van der Waals surface area (Å²) in [4.78, 5) is 17.4. The minimum atomic E-state index is -0.0607. The zero-order valence-electron chi connectivity index (χ0n) is 18.4. The van der Waals surface area contributed by atoms with Crippen LogP contribution >= 0.6 is 0 Å². The number of amides is 1. The largest absolute Gasteiger partial charge is 0.490 e. The lowest BCUT2D eigenvalue weighted by molar-refractivity contribution is -0.123. The van der Waals surface area contributed by atoms with Crippen LogP contribution in [0.2, 0.25) is 0 Å². The van der Waals surface area contributed by atoms with E-state index in [1.165, 1.54) is 0 Å². The second-order valence-corrected chi connectivity index (χ2v) is 8.59. The van der Waals surface area contributed by atoms with E-state index < -0.39 is 0 Å². The minimum absolute atomic E-state index is 0.0607. The van der Waals surface area contributed by atoms with E-state index in [4.69, 9.17) is 14.6 Å². The van der Waals surface area contributed by atoms with Crippen molar-refractivity contribution in [3.05, 3.63) is 23.8 Å². The van der Waals surface area contributed by atoms with Gasteiger partial charge in [0, 0.05) is 39.2 Å². The molecule has 1 aromatic carbocycles. The first-order valence-electron chi connectivity index (χ1n) is 11.3. The summed E-state index contributed by atoms with van der Waals surface area (Å²) in [7, 11) is 0. The number of hydrogen-bond donors (Lipinski definition) is 2. The third kappa shape index (κ3) is 6.59. The maximum Gasteiger partial charge on any atom is 0.234 e. The van der Waals surface area contributed by atoms with E-state index in [9.17, 15) is 4.79 Å². The number of nitrogens with one attached hydrogen (secondary N) is 1. The molecule has 0 aromatic heterocycles. The molecule has 2 heterocycles. The van der Waals surface area contributed by atoms with Crippen molar-refractivity contribution >= 4 is 5.91 Å². The Bertz CT molecular complexity index is 674. The molecule has 0 unspecified atom stereocenters. The molecule has 0 aliphatic carbocycles. The van der Waals surface area contributed by atoms with Crippen LogP contribution in [-0.4, -0.2) is 79.9 Å². The van der Waals surface area contributed by atoms with Crippen LogP contribution in [0.1, 0.15) is 44.7 Å². The summed E-state index contributed by atoms with van der Waals surface area (Å²) >= 11 is 0. The Kier molecular flexibility index (Phi) is 8.78.